The second kappa shape index (κ2) is 7.27. The van der Waals surface area contributed by atoms with Crippen LogP contribution in [0.25, 0.3) is 0 Å². The molecule has 0 amide bonds. The molecule has 4 nitrogen and oxygen atoms in total. The van der Waals surface area contributed by atoms with Gasteiger partial charge >= 0.3 is 0 Å². The van der Waals surface area contributed by atoms with Gasteiger partial charge in [-0.15, -0.1) is 12.4 Å². The molecule has 0 spiro atoms. The van der Waals surface area contributed by atoms with Gasteiger partial charge in [-0.25, -0.2) is 0 Å². The summed E-state index contributed by atoms with van der Waals surface area (Å²) in [4.78, 5) is 2.53. The van der Waals surface area contributed by atoms with Crippen LogP contribution in [0.3, 0.4) is 0 Å². The number of nitrogens with two attached hydrogens (primary N) is 1. The van der Waals surface area contributed by atoms with Crippen molar-refractivity contribution in [1.82, 2.24) is 14.7 Å². The molecule has 19 heavy (non-hydrogen) atoms. The van der Waals surface area contributed by atoms with Crippen LogP contribution in [-0.2, 0) is 6.54 Å². The van der Waals surface area contributed by atoms with Crippen LogP contribution in [0.15, 0.2) is 12.3 Å². The molecule has 1 aliphatic rings. The number of rotatable bonds is 4. The Labute approximate surface area is 122 Å². The number of halogens is 1. The molecule has 0 aromatic carbocycles. The van der Waals surface area contributed by atoms with Gasteiger partial charge in [0, 0.05) is 30.9 Å². The third-order valence-electron chi connectivity index (χ3n) is 3.88. The number of piperidine rings is 1. The zero-order chi connectivity index (χ0) is 13.1. The largest absolute Gasteiger partial charge is 0.327 e. The predicted octanol–water partition coefficient (Wildman–Crippen LogP) is 2.59. The number of hydrogen-bond donors (Lipinski definition) is 1. The van der Waals surface area contributed by atoms with Crippen LogP contribution >= 0.6 is 12.4 Å². The van der Waals surface area contributed by atoms with Crippen LogP contribution in [0.2, 0.25) is 0 Å². The van der Waals surface area contributed by atoms with Crippen molar-refractivity contribution in [2.45, 2.75) is 64.7 Å². The Balaban J connectivity index is 0.00000180. The third kappa shape index (κ3) is 3.94. The van der Waals surface area contributed by atoms with Crippen molar-refractivity contribution < 1.29 is 0 Å². The lowest BCUT2D eigenvalue weighted by molar-refractivity contribution is 0.119. The van der Waals surface area contributed by atoms with Crippen LogP contribution in [0.1, 0.15) is 51.8 Å². The highest BCUT2D eigenvalue weighted by Gasteiger charge is 2.26. The first-order valence-corrected chi connectivity index (χ1v) is 7.11. The Morgan fingerprint density at radius 2 is 2.11 bits per heavy atom. The molecular weight excluding hydrogens is 260 g/mol. The summed E-state index contributed by atoms with van der Waals surface area (Å²) >= 11 is 0. The maximum atomic E-state index is 6.12. The summed E-state index contributed by atoms with van der Waals surface area (Å²) < 4.78 is 2.12. The van der Waals surface area contributed by atoms with Crippen LogP contribution in [0.5, 0.6) is 0 Å². The molecule has 2 unspecified atom stereocenters. The standard InChI is InChI=1S/C14H26N4.ClH/c1-11(2)18-13(7-8-16-18)10-17-9-5-4-6-14(17)12(3)15;/h7-8,11-12,14H,4-6,9-10,15H2,1-3H3;1H. The van der Waals surface area contributed by atoms with E-state index in [9.17, 15) is 0 Å². The van der Waals surface area contributed by atoms with Gasteiger partial charge in [0.05, 0.1) is 5.69 Å². The molecule has 1 aliphatic heterocycles. The van der Waals surface area contributed by atoms with Crippen LogP contribution in [-0.4, -0.2) is 33.3 Å². The Morgan fingerprint density at radius 1 is 1.37 bits per heavy atom. The van der Waals surface area contributed by atoms with Gasteiger partial charge in [0.2, 0.25) is 0 Å². The lowest BCUT2D eigenvalue weighted by Crippen LogP contribution is -2.48. The third-order valence-corrected chi connectivity index (χ3v) is 3.88. The van der Waals surface area contributed by atoms with E-state index in [2.05, 4.69) is 41.5 Å². The monoisotopic (exact) mass is 286 g/mol. The highest BCUT2D eigenvalue weighted by atomic mass is 35.5. The lowest BCUT2D eigenvalue weighted by atomic mass is 9.97. The molecule has 2 rings (SSSR count). The molecule has 1 fully saturated rings. The number of nitrogens with zero attached hydrogens (tertiary/aromatic N) is 3. The van der Waals surface area contributed by atoms with Crippen molar-refractivity contribution >= 4 is 12.4 Å². The predicted molar refractivity (Wildman–Crippen MR) is 81.6 cm³/mol. The van der Waals surface area contributed by atoms with Crippen molar-refractivity contribution in [1.29, 1.82) is 0 Å². The van der Waals surface area contributed by atoms with E-state index in [1.807, 2.05) is 6.20 Å². The minimum Gasteiger partial charge on any atom is -0.327 e. The van der Waals surface area contributed by atoms with E-state index in [0.29, 0.717) is 12.1 Å². The summed E-state index contributed by atoms with van der Waals surface area (Å²) in [6, 6.07) is 3.33. The fraction of sp³-hybridized carbons (Fsp3) is 0.786. The van der Waals surface area contributed by atoms with Crippen LogP contribution in [0.4, 0.5) is 0 Å². The average Bonchev–Trinajstić information content (AvgIpc) is 2.77. The first kappa shape index (κ1) is 16.5. The number of hydrogen-bond acceptors (Lipinski definition) is 3. The minimum absolute atomic E-state index is 0. The molecule has 1 aromatic heterocycles. The average molecular weight is 287 g/mol. The molecule has 2 heterocycles. The van der Waals surface area contributed by atoms with Gasteiger partial charge in [0.25, 0.3) is 0 Å². The highest BCUT2D eigenvalue weighted by Crippen LogP contribution is 2.22. The summed E-state index contributed by atoms with van der Waals surface area (Å²) in [6.45, 7) is 8.62. The molecule has 5 heteroatoms. The Morgan fingerprint density at radius 3 is 2.74 bits per heavy atom. The minimum atomic E-state index is 0. The first-order chi connectivity index (χ1) is 8.59. The van der Waals surface area contributed by atoms with Gasteiger partial charge in [-0.2, -0.15) is 5.10 Å². The molecule has 2 atom stereocenters. The molecular formula is C14H27ClN4. The molecule has 110 valence electrons. The van der Waals surface area contributed by atoms with Gasteiger partial charge in [0.15, 0.2) is 0 Å². The smallest absolute Gasteiger partial charge is 0.0527 e. The molecule has 0 bridgehead atoms. The summed E-state index contributed by atoms with van der Waals surface area (Å²) in [5.41, 5.74) is 7.42. The van der Waals surface area contributed by atoms with E-state index < -0.39 is 0 Å². The Bertz CT molecular complexity index is 375. The quantitative estimate of drug-likeness (QED) is 0.925. The zero-order valence-electron chi connectivity index (χ0n) is 12.2. The van der Waals surface area contributed by atoms with E-state index in [4.69, 9.17) is 5.73 Å². The lowest BCUT2D eigenvalue weighted by Gasteiger charge is -2.38. The number of aromatic nitrogens is 2. The van der Waals surface area contributed by atoms with Gasteiger partial charge in [-0.1, -0.05) is 6.42 Å². The molecule has 0 saturated carbocycles. The van der Waals surface area contributed by atoms with E-state index in [-0.39, 0.29) is 18.4 Å². The van der Waals surface area contributed by atoms with Crippen LogP contribution in [0, 0.1) is 0 Å². The van der Waals surface area contributed by atoms with Gasteiger partial charge in [0.1, 0.15) is 0 Å². The van der Waals surface area contributed by atoms with Gasteiger partial charge in [-0.3, -0.25) is 9.58 Å². The van der Waals surface area contributed by atoms with Crippen molar-refractivity contribution in [3.8, 4) is 0 Å². The topological polar surface area (TPSA) is 47.1 Å². The fourth-order valence-corrected chi connectivity index (χ4v) is 2.95. The molecule has 0 aliphatic carbocycles. The molecule has 1 aromatic rings. The SMILES string of the molecule is CC(N)C1CCCCN1Cc1ccnn1C(C)C.Cl. The molecule has 2 N–H and O–H groups in total. The van der Waals surface area contributed by atoms with Crippen LogP contribution < -0.4 is 5.73 Å². The van der Waals surface area contributed by atoms with Gasteiger partial charge < -0.3 is 5.73 Å². The van der Waals surface area contributed by atoms with E-state index in [1.165, 1.54) is 25.0 Å². The Hall–Kier alpha value is -0.580. The van der Waals surface area contributed by atoms with E-state index >= 15 is 0 Å². The maximum Gasteiger partial charge on any atom is 0.0527 e. The summed E-state index contributed by atoms with van der Waals surface area (Å²) in [7, 11) is 0. The number of likely N-dealkylation sites (tertiary alicyclic amines) is 1. The zero-order valence-corrected chi connectivity index (χ0v) is 13.1. The van der Waals surface area contributed by atoms with Crippen molar-refractivity contribution in [2.24, 2.45) is 5.73 Å². The van der Waals surface area contributed by atoms with Crippen molar-refractivity contribution in [3.05, 3.63) is 18.0 Å². The normalized spacial score (nSPS) is 22.3. The summed E-state index contributed by atoms with van der Waals surface area (Å²) in [5, 5.41) is 4.41. The van der Waals surface area contributed by atoms with E-state index in [1.54, 1.807) is 0 Å². The summed E-state index contributed by atoms with van der Waals surface area (Å²) in [5.74, 6) is 0. The second-order valence-electron chi connectivity index (χ2n) is 5.75. The second-order valence-corrected chi connectivity index (χ2v) is 5.75. The Kier molecular flexibility index (Phi) is 6.30. The van der Waals surface area contributed by atoms with Crippen molar-refractivity contribution in [2.75, 3.05) is 6.54 Å². The van der Waals surface area contributed by atoms with Gasteiger partial charge in [-0.05, 0) is 46.2 Å². The van der Waals surface area contributed by atoms with Crippen molar-refractivity contribution in [3.63, 3.8) is 0 Å². The highest BCUT2D eigenvalue weighted by molar-refractivity contribution is 5.85. The molecule has 1 saturated heterocycles. The van der Waals surface area contributed by atoms with E-state index in [0.717, 1.165) is 13.1 Å². The maximum absolute atomic E-state index is 6.12. The first-order valence-electron chi connectivity index (χ1n) is 7.11. The summed E-state index contributed by atoms with van der Waals surface area (Å²) in [6.07, 6.45) is 5.73. The fourth-order valence-electron chi connectivity index (χ4n) is 2.95. The molecule has 0 radical (unpaired) electrons.